The molecule has 0 N–H and O–H groups in total. The zero-order valence-electron chi connectivity index (χ0n) is 6.59. The summed E-state index contributed by atoms with van der Waals surface area (Å²) in [5.41, 5.74) is 0. The molecular formula is C6H13FN2O. The largest absolute Gasteiger partial charge is 0.347 e. The Morgan fingerprint density at radius 1 is 1.50 bits per heavy atom. The zero-order chi connectivity index (χ0) is 8.15. The molecule has 0 bridgehead atoms. The number of halogens is 1. The molecule has 0 aliphatic carbocycles. The quantitative estimate of drug-likeness (QED) is 0.541. The van der Waals surface area contributed by atoms with Gasteiger partial charge in [-0.25, -0.2) is 4.79 Å². The van der Waals surface area contributed by atoms with Crippen LogP contribution in [0.25, 0.3) is 0 Å². The molecule has 0 saturated heterocycles. The summed E-state index contributed by atoms with van der Waals surface area (Å²) < 4.78 is 12.5. The van der Waals surface area contributed by atoms with Crippen molar-refractivity contribution in [2.24, 2.45) is 0 Å². The lowest BCUT2D eigenvalue weighted by Gasteiger charge is -2.15. The average Bonchev–Trinajstić information content (AvgIpc) is 1.87. The van der Waals surface area contributed by atoms with E-state index in [-0.39, 0.29) is 11.7 Å². The summed E-state index contributed by atoms with van der Waals surface area (Å²) in [6.07, 6.45) is 0.635. The van der Waals surface area contributed by atoms with Crippen LogP contribution in [0.3, 0.4) is 0 Å². The van der Waals surface area contributed by atoms with Gasteiger partial charge in [-0.15, -0.1) is 0 Å². The van der Waals surface area contributed by atoms with Crippen LogP contribution in [-0.2, 0) is 0 Å². The second-order valence-electron chi connectivity index (χ2n) is 2.26. The highest BCUT2D eigenvalue weighted by molar-refractivity contribution is 5.72. The van der Waals surface area contributed by atoms with Crippen molar-refractivity contribution >= 4 is 6.03 Å². The van der Waals surface area contributed by atoms with Gasteiger partial charge >= 0.3 is 6.03 Å². The Bertz CT molecular complexity index is 116. The molecule has 0 fully saturated rings. The van der Waals surface area contributed by atoms with E-state index in [4.69, 9.17) is 0 Å². The number of amides is 2. The van der Waals surface area contributed by atoms with Gasteiger partial charge in [-0.3, -0.25) is 0 Å². The molecule has 0 rings (SSSR count). The summed E-state index contributed by atoms with van der Waals surface area (Å²) in [6.45, 7) is 1.98. The van der Waals surface area contributed by atoms with Crippen molar-refractivity contribution in [3.63, 3.8) is 0 Å². The third-order valence-corrected chi connectivity index (χ3v) is 1.01. The summed E-state index contributed by atoms with van der Waals surface area (Å²) >= 11 is 0. The first-order chi connectivity index (χ1) is 4.59. The smallest absolute Gasteiger partial charge is 0.329 e. The minimum atomic E-state index is -0.596. The second kappa shape index (κ2) is 4.09. The van der Waals surface area contributed by atoms with Crippen molar-refractivity contribution in [3.8, 4) is 0 Å². The molecule has 2 amide bonds. The minimum absolute atomic E-state index is 0.164. The highest BCUT2D eigenvalue weighted by atomic mass is 19.2. The molecule has 0 aromatic heterocycles. The predicted molar refractivity (Wildman–Crippen MR) is 37.2 cm³/mol. The molecule has 10 heavy (non-hydrogen) atoms. The van der Waals surface area contributed by atoms with Crippen LogP contribution in [0.15, 0.2) is 0 Å². The third-order valence-electron chi connectivity index (χ3n) is 1.01. The predicted octanol–water partition coefficient (Wildman–Crippen LogP) is 1.26. The maximum absolute atomic E-state index is 12.5. The first-order valence-corrected chi connectivity index (χ1v) is 3.24. The Kier molecular flexibility index (Phi) is 3.76. The van der Waals surface area contributed by atoms with Gasteiger partial charge < -0.3 is 4.90 Å². The first kappa shape index (κ1) is 9.20. The van der Waals surface area contributed by atoms with E-state index in [1.807, 2.05) is 6.92 Å². The lowest BCUT2D eigenvalue weighted by atomic mass is 10.5. The fourth-order valence-electron chi connectivity index (χ4n) is 0.509. The van der Waals surface area contributed by atoms with Gasteiger partial charge in [0.25, 0.3) is 0 Å². The number of carbonyl (C=O) groups excluding carboxylic acids is 1. The molecule has 3 nitrogen and oxygen atoms in total. The molecular weight excluding hydrogens is 135 g/mol. The van der Waals surface area contributed by atoms with Crippen LogP contribution in [0.4, 0.5) is 9.28 Å². The van der Waals surface area contributed by atoms with Crippen molar-refractivity contribution in [1.29, 1.82) is 0 Å². The average molecular weight is 148 g/mol. The van der Waals surface area contributed by atoms with E-state index in [0.717, 1.165) is 0 Å². The normalized spacial score (nSPS) is 9.20. The molecule has 0 aromatic rings. The van der Waals surface area contributed by atoms with Crippen molar-refractivity contribution in [2.75, 3.05) is 20.6 Å². The number of nitrogens with zero attached hydrogens (tertiary/aromatic N) is 2. The Hall–Kier alpha value is -0.800. The number of carbonyl (C=O) groups is 1. The lowest BCUT2D eigenvalue weighted by molar-refractivity contribution is 0.0496. The molecule has 0 atom stereocenters. The van der Waals surface area contributed by atoms with Gasteiger partial charge in [0.05, 0.1) is 6.54 Å². The first-order valence-electron chi connectivity index (χ1n) is 3.24. The Morgan fingerprint density at radius 3 is 2.30 bits per heavy atom. The molecule has 0 aromatic carbocycles. The van der Waals surface area contributed by atoms with E-state index < -0.39 is 6.03 Å². The van der Waals surface area contributed by atoms with Gasteiger partial charge in [0.1, 0.15) is 0 Å². The highest BCUT2D eigenvalue weighted by Crippen LogP contribution is 1.96. The van der Waals surface area contributed by atoms with E-state index in [0.29, 0.717) is 6.42 Å². The lowest BCUT2D eigenvalue weighted by Crippen LogP contribution is -2.33. The van der Waals surface area contributed by atoms with E-state index in [1.54, 1.807) is 0 Å². The molecule has 0 radical (unpaired) electrons. The summed E-state index contributed by atoms with van der Waals surface area (Å²) in [5.74, 6) is 0. The summed E-state index contributed by atoms with van der Waals surface area (Å²) in [6, 6.07) is -0.596. The SMILES string of the molecule is CCCN(F)C(=O)N(C)C. The second-order valence-corrected chi connectivity index (χ2v) is 2.26. The van der Waals surface area contributed by atoms with Gasteiger partial charge in [-0.2, -0.15) is 5.12 Å². The van der Waals surface area contributed by atoms with Crippen LogP contribution < -0.4 is 0 Å². The van der Waals surface area contributed by atoms with E-state index in [9.17, 15) is 9.28 Å². The number of urea groups is 1. The van der Waals surface area contributed by atoms with Gasteiger partial charge in [0, 0.05) is 14.1 Å². The van der Waals surface area contributed by atoms with Gasteiger partial charge in [0.15, 0.2) is 0 Å². The number of rotatable bonds is 2. The fourth-order valence-corrected chi connectivity index (χ4v) is 0.509. The standard InChI is InChI=1S/C6H13FN2O/c1-4-5-9(7)6(10)8(2)3/h4-5H2,1-3H3. The molecule has 0 aliphatic heterocycles. The van der Waals surface area contributed by atoms with Crippen LogP contribution in [0.1, 0.15) is 13.3 Å². The van der Waals surface area contributed by atoms with E-state index in [2.05, 4.69) is 0 Å². The van der Waals surface area contributed by atoms with Gasteiger partial charge in [-0.05, 0) is 6.42 Å². The maximum Gasteiger partial charge on any atom is 0.347 e. The van der Waals surface area contributed by atoms with Crippen molar-refractivity contribution in [3.05, 3.63) is 0 Å². The third kappa shape index (κ3) is 2.66. The van der Waals surface area contributed by atoms with E-state index in [1.165, 1.54) is 19.0 Å². The molecule has 0 saturated carbocycles. The van der Waals surface area contributed by atoms with Gasteiger partial charge in [0.2, 0.25) is 0 Å². The van der Waals surface area contributed by atoms with Crippen LogP contribution >= 0.6 is 0 Å². The topological polar surface area (TPSA) is 23.6 Å². The van der Waals surface area contributed by atoms with Crippen LogP contribution in [0, 0.1) is 0 Å². The van der Waals surface area contributed by atoms with Crippen LogP contribution in [0.2, 0.25) is 0 Å². The molecule has 60 valence electrons. The zero-order valence-corrected chi connectivity index (χ0v) is 6.59. The van der Waals surface area contributed by atoms with E-state index >= 15 is 0 Å². The molecule has 0 unspecified atom stereocenters. The Morgan fingerprint density at radius 2 is 2.00 bits per heavy atom. The Labute approximate surface area is 60.3 Å². The fraction of sp³-hybridized carbons (Fsp3) is 0.833. The minimum Gasteiger partial charge on any atom is -0.329 e. The molecule has 0 spiro atoms. The Balaban J connectivity index is 3.71. The summed E-state index contributed by atoms with van der Waals surface area (Å²) in [7, 11) is 3.04. The van der Waals surface area contributed by atoms with Gasteiger partial charge in [-0.1, -0.05) is 11.4 Å². The molecule has 0 aliphatic rings. The number of hydrogen-bond acceptors (Lipinski definition) is 1. The molecule has 0 heterocycles. The van der Waals surface area contributed by atoms with Crippen molar-refractivity contribution in [1.82, 2.24) is 10.0 Å². The van der Waals surface area contributed by atoms with Crippen molar-refractivity contribution < 1.29 is 9.28 Å². The van der Waals surface area contributed by atoms with Crippen molar-refractivity contribution in [2.45, 2.75) is 13.3 Å². The highest BCUT2D eigenvalue weighted by Gasteiger charge is 2.12. The number of hydrogen-bond donors (Lipinski definition) is 0. The summed E-state index contributed by atoms with van der Waals surface area (Å²) in [4.78, 5) is 11.9. The van der Waals surface area contributed by atoms with Crippen LogP contribution in [0.5, 0.6) is 0 Å². The maximum atomic E-state index is 12.5. The summed E-state index contributed by atoms with van der Waals surface area (Å²) in [5, 5.41) is 0.208. The monoisotopic (exact) mass is 148 g/mol. The van der Waals surface area contributed by atoms with Crippen LogP contribution in [-0.4, -0.2) is 36.7 Å². The molecule has 4 heteroatoms.